The predicted octanol–water partition coefficient (Wildman–Crippen LogP) is 0.678. The Bertz CT molecular complexity index is 448. The minimum atomic E-state index is 0.563. The Labute approximate surface area is 84.2 Å². The molecule has 2 rings (SSSR count). The molecule has 0 bridgehead atoms. The molecule has 0 spiro atoms. The van der Waals surface area contributed by atoms with Gasteiger partial charge in [0.2, 0.25) is 0 Å². The first kappa shape index (κ1) is 9.00. The Kier molecular flexibility index (Phi) is 2.12. The van der Waals surface area contributed by atoms with E-state index >= 15 is 0 Å². The van der Waals surface area contributed by atoms with Crippen molar-refractivity contribution in [1.82, 2.24) is 14.5 Å². The SMILES string of the molecule is [B]c1nc(C)n(-c2ccccn2)c1C. The van der Waals surface area contributed by atoms with Gasteiger partial charge in [0.25, 0.3) is 0 Å². The van der Waals surface area contributed by atoms with Gasteiger partial charge in [-0.3, -0.25) is 4.57 Å². The highest BCUT2D eigenvalue weighted by Gasteiger charge is 2.08. The van der Waals surface area contributed by atoms with Gasteiger partial charge >= 0.3 is 0 Å². The molecular formula is C10H10BN3. The Hall–Kier alpha value is -1.58. The lowest BCUT2D eigenvalue weighted by atomic mass is 10.0. The molecule has 0 N–H and O–H groups in total. The van der Waals surface area contributed by atoms with Gasteiger partial charge < -0.3 is 0 Å². The van der Waals surface area contributed by atoms with Crippen LogP contribution in [0.4, 0.5) is 0 Å². The fraction of sp³-hybridized carbons (Fsp3) is 0.200. The summed E-state index contributed by atoms with van der Waals surface area (Å²) in [5.41, 5.74) is 1.49. The van der Waals surface area contributed by atoms with E-state index in [9.17, 15) is 0 Å². The van der Waals surface area contributed by atoms with Crippen molar-refractivity contribution in [3.8, 4) is 5.82 Å². The first-order valence-corrected chi connectivity index (χ1v) is 4.43. The van der Waals surface area contributed by atoms with Gasteiger partial charge in [-0.05, 0) is 26.0 Å². The van der Waals surface area contributed by atoms with Crippen LogP contribution in [0.5, 0.6) is 0 Å². The molecule has 0 amide bonds. The molecule has 4 heteroatoms. The Morgan fingerprint density at radius 3 is 2.57 bits per heavy atom. The molecule has 2 radical (unpaired) electrons. The predicted molar refractivity (Wildman–Crippen MR) is 56.2 cm³/mol. The quantitative estimate of drug-likeness (QED) is 0.608. The van der Waals surface area contributed by atoms with Crippen molar-refractivity contribution in [2.75, 3.05) is 0 Å². The molecule has 2 aromatic rings. The molecule has 2 heterocycles. The van der Waals surface area contributed by atoms with Crippen LogP contribution in [0.3, 0.4) is 0 Å². The van der Waals surface area contributed by atoms with E-state index < -0.39 is 0 Å². The van der Waals surface area contributed by atoms with E-state index in [0.29, 0.717) is 5.59 Å². The Morgan fingerprint density at radius 2 is 2.07 bits per heavy atom. The van der Waals surface area contributed by atoms with E-state index in [1.807, 2.05) is 36.6 Å². The van der Waals surface area contributed by atoms with Gasteiger partial charge in [-0.25, -0.2) is 9.97 Å². The highest BCUT2D eigenvalue weighted by Crippen LogP contribution is 2.08. The minimum absolute atomic E-state index is 0.563. The summed E-state index contributed by atoms with van der Waals surface area (Å²) in [4.78, 5) is 8.44. The third-order valence-electron chi connectivity index (χ3n) is 2.19. The van der Waals surface area contributed by atoms with Gasteiger partial charge in [-0.2, -0.15) is 0 Å². The lowest BCUT2D eigenvalue weighted by Crippen LogP contribution is -2.09. The summed E-state index contributed by atoms with van der Waals surface area (Å²) in [7, 11) is 5.72. The van der Waals surface area contributed by atoms with Crippen LogP contribution in [0, 0.1) is 13.8 Å². The minimum Gasteiger partial charge on any atom is -0.286 e. The van der Waals surface area contributed by atoms with E-state index in [1.54, 1.807) is 6.20 Å². The number of pyridine rings is 1. The highest BCUT2D eigenvalue weighted by molar-refractivity contribution is 6.31. The molecule has 3 nitrogen and oxygen atoms in total. The Morgan fingerprint density at radius 1 is 1.29 bits per heavy atom. The normalized spacial score (nSPS) is 10.4. The lowest BCUT2D eigenvalue weighted by molar-refractivity contribution is 0.903. The molecule has 0 aliphatic heterocycles. The first-order valence-electron chi connectivity index (χ1n) is 4.43. The average Bonchev–Trinajstić information content (AvgIpc) is 2.43. The molecule has 0 aliphatic rings. The number of rotatable bonds is 1. The van der Waals surface area contributed by atoms with Gasteiger partial charge in [0.05, 0.1) is 0 Å². The molecule has 0 saturated heterocycles. The van der Waals surface area contributed by atoms with Gasteiger partial charge in [0, 0.05) is 17.5 Å². The van der Waals surface area contributed by atoms with Crippen molar-refractivity contribution < 1.29 is 0 Å². The van der Waals surface area contributed by atoms with E-state index in [1.165, 1.54) is 0 Å². The molecule has 0 aromatic carbocycles. The molecule has 0 aliphatic carbocycles. The molecule has 14 heavy (non-hydrogen) atoms. The van der Waals surface area contributed by atoms with Gasteiger partial charge in [0.1, 0.15) is 19.5 Å². The topological polar surface area (TPSA) is 30.7 Å². The van der Waals surface area contributed by atoms with Crippen LogP contribution in [0.15, 0.2) is 24.4 Å². The molecule has 68 valence electrons. The van der Waals surface area contributed by atoms with Crippen LogP contribution in [0.2, 0.25) is 0 Å². The fourth-order valence-corrected chi connectivity index (χ4v) is 1.49. The maximum absolute atomic E-state index is 5.72. The van der Waals surface area contributed by atoms with Gasteiger partial charge in [-0.1, -0.05) is 6.07 Å². The van der Waals surface area contributed by atoms with Gasteiger partial charge in [0.15, 0.2) is 0 Å². The molecule has 0 unspecified atom stereocenters. The van der Waals surface area contributed by atoms with E-state index in [-0.39, 0.29) is 0 Å². The zero-order valence-electron chi connectivity index (χ0n) is 8.23. The highest BCUT2D eigenvalue weighted by atomic mass is 15.1. The lowest BCUT2D eigenvalue weighted by Gasteiger charge is -2.05. The fourth-order valence-electron chi connectivity index (χ4n) is 1.49. The van der Waals surface area contributed by atoms with Crippen LogP contribution >= 0.6 is 0 Å². The summed E-state index contributed by atoms with van der Waals surface area (Å²) >= 11 is 0. The van der Waals surface area contributed by atoms with E-state index in [0.717, 1.165) is 17.3 Å². The summed E-state index contributed by atoms with van der Waals surface area (Å²) in [5.74, 6) is 1.71. The third-order valence-corrected chi connectivity index (χ3v) is 2.19. The monoisotopic (exact) mass is 183 g/mol. The second kappa shape index (κ2) is 3.29. The number of hydrogen-bond acceptors (Lipinski definition) is 2. The molecule has 0 atom stereocenters. The zero-order valence-corrected chi connectivity index (χ0v) is 8.23. The van der Waals surface area contributed by atoms with Crippen LogP contribution in [-0.2, 0) is 0 Å². The number of aryl methyl sites for hydroxylation is 1. The maximum atomic E-state index is 5.72. The van der Waals surface area contributed by atoms with Crippen molar-refractivity contribution in [3.05, 3.63) is 35.9 Å². The van der Waals surface area contributed by atoms with Crippen LogP contribution < -0.4 is 5.59 Å². The maximum Gasteiger partial charge on any atom is 0.144 e. The molecular weight excluding hydrogens is 173 g/mol. The summed E-state index contributed by atoms with van der Waals surface area (Å²) in [6, 6.07) is 5.76. The zero-order chi connectivity index (χ0) is 10.1. The van der Waals surface area contributed by atoms with E-state index in [4.69, 9.17) is 7.85 Å². The van der Waals surface area contributed by atoms with Gasteiger partial charge in [-0.15, -0.1) is 0 Å². The van der Waals surface area contributed by atoms with Crippen molar-refractivity contribution in [2.45, 2.75) is 13.8 Å². The average molecular weight is 183 g/mol. The van der Waals surface area contributed by atoms with Crippen molar-refractivity contribution in [1.29, 1.82) is 0 Å². The molecule has 0 saturated carbocycles. The van der Waals surface area contributed by atoms with Crippen molar-refractivity contribution >= 4 is 13.4 Å². The standard InChI is InChI=1S/C10H10BN3/c1-7-10(11)13-8(2)14(7)9-5-3-4-6-12-9/h3-6H,1-2H3. The summed E-state index contributed by atoms with van der Waals surface area (Å²) in [6.45, 7) is 3.85. The number of hydrogen-bond donors (Lipinski definition) is 0. The van der Waals surface area contributed by atoms with Crippen LogP contribution in [0.1, 0.15) is 11.5 Å². The largest absolute Gasteiger partial charge is 0.286 e. The van der Waals surface area contributed by atoms with E-state index in [2.05, 4.69) is 9.97 Å². The molecule has 2 aromatic heterocycles. The van der Waals surface area contributed by atoms with Crippen LogP contribution in [-0.4, -0.2) is 22.4 Å². The number of aromatic nitrogens is 3. The Balaban J connectivity index is 2.62. The second-order valence-electron chi connectivity index (χ2n) is 3.15. The summed E-state index contributed by atoms with van der Waals surface area (Å²) < 4.78 is 1.94. The summed E-state index contributed by atoms with van der Waals surface area (Å²) in [6.07, 6.45) is 1.75. The molecule has 0 fully saturated rings. The smallest absolute Gasteiger partial charge is 0.144 e. The number of nitrogens with zero attached hydrogens (tertiary/aromatic N) is 3. The number of imidazole rings is 1. The third kappa shape index (κ3) is 1.33. The second-order valence-corrected chi connectivity index (χ2v) is 3.15. The first-order chi connectivity index (χ1) is 6.70. The van der Waals surface area contributed by atoms with Crippen molar-refractivity contribution in [3.63, 3.8) is 0 Å². The van der Waals surface area contributed by atoms with Crippen LogP contribution in [0.25, 0.3) is 5.82 Å². The van der Waals surface area contributed by atoms with Crippen molar-refractivity contribution in [2.24, 2.45) is 0 Å². The summed E-state index contributed by atoms with van der Waals surface area (Å²) in [5, 5.41) is 0.